The first-order valence-corrected chi connectivity index (χ1v) is 9.57. The highest BCUT2D eigenvalue weighted by Crippen LogP contribution is 2.21. The highest BCUT2D eigenvalue weighted by atomic mass is 35.5. The van der Waals surface area contributed by atoms with Crippen molar-refractivity contribution in [3.8, 4) is 0 Å². The Hall–Kier alpha value is -2.62. The predicted octanol–water partition coefficient (Wildman–Crippen LogP) is 2.22. The third kappa shape index (κ3) is 6.52. The third-order valence-electron chi connectivity index (χ3n) is 4.26. The Morgan fingerprint density at radius 1 is 1.11 bits per heavy atom. The summed E-state index contributed by atoms with van der Waals surface area (Å²) < 4.78 is 0. The number of carboxylic acids is 1. The molecule has 1 aromatic heterocycles. The third-order valence-corrected chi connectivity index (χ3v) is 4.54. The van der Waals surface area contributed by atoms with E-state index < -0.39 is 29.6 Å². The maximum Gasteiger partial charge on any atom is 0.326 e. The van der Waals surface area contributed by atoms with E-state index in [0.717, 1.165) is 32.1 Å². The second-order valence-corrected chi connectivity index (χ2v) is 6.82. The summed E-state index contributed by atoms with van der Waals surface area (Å²) in [6.07, 6.45) is 7.07. The van der Waals surface area contributed by atoms with Crippen molar-refractivity contribution in [2.24, 2.45) is 5.73 Å². The van der Waals surface area contributed by atoms with Gasteiger partial charge in [0.2, 0.25) is 0 Å². The zero-order valence-electron chi connectivity index (χ0n) is 15.9. The zero-order valence-corrected chi connectivity index (χ0v) is 16.7. The summed E-state index contributed by atoms with van der Waals surface area (Å²) in [5.74, 6) is -3.45. The van der Waals surface area contributed by atoms with Gasteiger partial charge in [0.1, 0.15) is 6.04 Å². The molecule has 11 heteroatoms. The van der Waals surface area contributed by atoms with Crippen LogP contribution in [-0.4, -0.2) is 43.9 Å². The molecule has 1 heterocycles. The lowest BCUT2D eigenvalue weighted by atomic mass is 10.0. The van der Waals surface area contributed by atoms with Crippen LogP contribution in [0.2, 0.25) is 5.15 Å². The fraction of sp³-hybridized carbons (Fsp3) is 0.588. The van der Waals surface area contributed by atoms with Crippen molar-refractivity contribution in [2.45, 2.75) is 64.3 Å². The summed E-state index contributed by atoms with van der Waals surface area (Å²) in [6.45, 7) is 2.14. The average Bonchev–Trinajstić information content (AvgIpc) is 2.62. The number of anilines is 2. The van der Waals surface area contributed by atoms with Crippen molar-refractivity contribution < 1.29 is 14.7 Å². The second-order valence-electron chi connectivity index (χ2n) is 6.46. The number of hydrogen-bond donors (Lipinski definition) is 5. The number of nitrogens with one attached hydrogen (secondary N) is 1. The Morgan fingerprint density at radius 2 is 1.68 bits per heavy atom. The van der Waals surface area contributed by atoms with Crippen LogP contribution in [0.4, 0.5) is 11.6 Å². The van der Waals surface area contributed by atoms with Crippen LogP contribution in [0.25, 0.3) is 0 Å². The summed E-state index contributed by atoms with van der Waals surface area (Å²) in [4.78, 5) is 32.6. The normalized spacial score (nSPS) is 11.8. The van der Waals surface area contributed by atoms with Crippen molar-refractivity contribution >= 4 is 41.1 Å². The van der Waals surface area contributed by atoms with Crippen LogP contribution < -0.4 is 17.2 Å². The average molecular weight is 414 g/mol. The van der Waals surface area contributed by atoms with Crippen molar-refractivity contribution in [3.63, 3.8) is 0 Å². The van der Waals surface area contributed by atoms with E-state index in [-0.39, 0.29) is 23.2 Å². The molecule has 8 N–H and O–H groups in total. The van der Waals surface area contributed by atoms with Gasteiger partial charge >= 0.3 is 5.97 Å². The lowest BCUT2D eigenvalue weighted by Gasteiger charge is -2.27. The van der Waals surface area contributed by atoms with Crippen molar-refractivity contribution in [1.82, 2.24) is 14.9 Å². The maximum absolute atomic E-state index is 12.8. The van der Waals surface area contributed by atoms with Gasteiger partial charge in [-0.25, -0.2) is 14.8 Å². The summed E-state index contributed by atoms with van der Waals surface area (Å²) in [5.41, 5.74) is 16.2. The lowest BCUT2D eigenvalue weighted by Crippen LogP contribution is -2.51. The zero-order chi connectivity index (χ0) is 21.3. The van der Waals surface area contributed by atoms with Gasteiger partial charge in [0, 0.05) is 0 Å². The molecule has 0 aliphatic carbocycles. The van der Waals surface area contributed by atoms with E-state index in [2.05, 4.69) is 16.9 Å². The van der Waals surface area contributed by atoms with Crippen LogP contribution in [0.5, 0.6) is 0 Å². The molecule has 1 atom stereocenters. The van der Waals surface area contributed by atoms with Crippen LogP contribution in [0.15, 0.2) is 0 Å². The van der Waals surface area contributed by atoms with Gasteiger partial charge in [-0.3, -0.25) is 15.1 Å². The van der Waals surface area contributed by atoms with E-state index in [4.69, 9.17) is 34.2 Å². The van der Waals surface area contributed by atoms with E-state index in [9.17, 15) is 14.7 Å². The molecule has 1 unspecified atom stereocenters. The van der Waals surface area contributed by atoms with E-state index in [0.29, 0.717) is 11.3 Å². The number of aromatic nitrogens is 2. The van der Waals surface area contributed by atoms with Gasteiger partial charge in [0.05, 0.1) is 0 Å². The fourth-order valence-electron chi connectivity index (χ4n) is 2.79. The molecular weight excluding hydrogens is 386 g/mol. The smallest absolute Gasteiger partial charge is 0.326 e. The minimum Gasteiger partial charge on any atom is -0.480 e. The summed E-state index contributed by atoms with van der Waals surface area (Å²) in [5, 5.41) is 17.0. The Bertz CT molecular complexity index is 714. The maximum atomic E-state index is 12.8. The number of carbonyl (C=O) groups excluding carboxylic acids is 1. The number of carbonyl (C=O) groups is 2. The van der Waals surface area contributed by atoms with Crippen LogP contribution in [0.1, 0.15) is 68.8 Å². The molecule has 0 fully saturated rings. The van der Waals surface area contributed by atoms with Crippen LogP contribution >= 0.6 is 11.6 Å². The summed E-state index contributed by atoms with van der Waals surface area (Å²) >= 11 is 5.78. The van der Waals surface area contributed by atoms with Gasteiger partial charge in [-0.1, -0.05) is 63.5 Å². The largest absolute Gasteiger partial charge is 0.480 e. The molecule has 10 nitrogen and oxygen atoms in total. The quantitative estimate of drug-likeness (QED) is 0.207. The number of unbranched alkanes of at least 4 members (excludes halogenated alkanes) is 6. The molecule has 1 amide bonds. The molecule has 0 bridgehead atoms. The number of halogens is 1. The molecule has 28 heavy (non-hydrogen) atoms. The van der Waals surface area contributed by atoms with Crippen LogP contribution in [0.3, 0.4) is 0 Å². The topological polar surface area (TPSA) is 185 Å². The van der Waals surface area contributed by atoms with Gasteiger partial charge < -0.3 is 22.3 Å². The predicted molar refractivity (Wildman–Crippen MR) is 108 cm³/mol. The molecule has 1 aromatic rings. The first kappa shape index (κ1) is 23.4. The molecule has 0 saturated heterocycles. The van der Waals surface area contributed by atoms with Gasteiger partial charge in [0.15, 0.2) is 28.4 Å². The Kier molecular flexibility index (Phi) is 9.43. The van der Waals surface area contributed by atoms with Gasteiger partial charge in [0.25, 0.3) is 5.91 Å². The molecule has 1 rings (SSSR count). The monoisotopic (exact) mass is 413 g/mol. The second kappa shape index (κ2) is 11.3. The van der Waals surface area contributed by atoms with Crippen molar-refractivity contribution in [1.29, 1.82) is 5.41 Å². The summed E-state index contributed by atoms with van der Waals surface area (Å²) in [7, 11) is 0. The first-order chi connectivity index (χ1) is 13.2. The number of rotatable bonds is 11. The highest BCUT2D eigenvalue weighted by Gasteiger charge is 2.34. The molecule has 0 aliphatic rings. The Balaban J connectivity index is 2.90. The number of nitrogen functional groups attached to an aromatic ring is 2. The first-order valence-electron chi connectivity index (χ1n) is 9.19. The minimum atomic E-state index is -1.32. The Morgan fingerprint density at radius 3 is 2.21 bits per heavy atom. The Labute approximate surface area is 169 Å². The van der Waals surface area contributed by atoms with Gasteiger partial charge in [-0.05, 0) is 6.42 Å². The highest BCUT2D eigenvalue weighted by molar-refractivity contribution is 6.31. The van der Waals surface area contributed by atoms with Gasteiger partial charge in [-0.15, -0.1) is 0 Å². The van der Waals surface area contributed by atoms with Crippen LogP contribution in [-0.2, 0) is 4.79 Å². The number of guanidine groups is 1. The van der Waals surface area contributed by atoms with Crippen molar-refractivity contribution in [2.75, 3.05) is 11.5 Å². The standard InChI is InChI=1S/C17H28ClN7O3/c1-2-3-4-5-6-7-8-9-10(16(27)28)25(17(21)22)15(26)11-13(19)24-14(20)12(18)23-11/h10H,2-9H2,1H3,(H3,21,22)(H,27,28)(H4,19,20,24). The number of hydrogen-bond acceptors (Lipinski definition) is 7. The number of nitrogens with two attached hydrogens (primary N) is 3. The molecule has 0 radical (unpaired) electrons. The van der Waals surface area contributed by atoms with E-state index in [1.54, 1.807) is 0 Å². The van der Waals surface area contributed by atoms with Gasteiger partial charge in [-0.2, -0.15) is 0 Å². The number of nitrogens with zero attached hydrogens (tertiary/aromatic N) is 3. The molecule has 0 saturated carbocycles. The molecular formula is C17H28ClN7O3. The SMILES string of the molecule is CCCCCCCCCC(C(=O)O)N(C(=N)N)C(=O)c1nc(Cl)c(N)nc1N. The van der Waals surface area contributed by atoms with Crippen molar-refractivity contribution in [3.05, 3.63) is 10.8 Å². The molecule has 0 aliphatic heterocycles. The number of aliphatic carboxylic acids is 1. The number of carboxylic acid groups (broad SMARTS) is 1. The fourth-order valence-corrected chi connectivity index (χ4v) is 2.92. The number of amides is 1. The lowest BCUT2D eigenvalue weighted by molar-refractivity contribution is -0.141. The van der Waals surface area contributed by atoms with E-state index >= 15 is 0 Å². The van der Waals surface area contributed by atoms with E-state index in [1.165, 1.54) is 6.42 Å². The molecule has 156 valence electrons. The van der Waals surface area contributed by atoms with E-state index in [1.807, 2.05) is 0 Å². The minimum absolute atomic E-state index is 0.143. The molecule has 0 spiro atoms. The van der Waals surface area contributed by atoms with Crippen LogP contribution in [0, 0.1) is 5.41 Å². The molecule has 0 aromatic carbocycles. The summed E-state index contributed by atoms with van der Waals surface area (Å²) in [6, 6.07) is -1.32.